The van der Waals surface area contributed by atoms with E-state index in [0.29, 0.717) is 17.3 Å². The summed E-state index contributed by atoms with van der Waals surface area (Å²) in [5.41, 5.74) is 6.05. The second-order valence-electron chi connectivity index (χ2n) is 7.91. The minimum absolute atomic E-state index is 0.0666. The van der Waals surface area contributed by atoms with Gasteiger partial charge in [0, 0.05) is 5.92 Å². The SMILES string of the molecule is CCCCCC(CC)C1(C)CCC(C(C)C)C(C(N)=O)C1. The van der Waals surface area contributed by atoms with Gasteiger partial charge in [0.2, 0.25) is 5.91 Å². The summed E-state index contributed by atoms with van der Waals surface area (Å²) in [6.45, 7) is 11.5. The molecule has 0 spiro atoms. The van der Waals surface area contributed by atoms with Crippen molar-refractivity contribution in [3.8, 4) is 0 Å². The topological polar surface area (TPSA) is 43.1 Å². The van der Waals surface area contributed by atoms with E-state index in [4.69, 9.17) is 5.73 Å². The maximum absolute atomic E-state index is 12.0. The molecule has 4 atom stereocenters. The maximum atomic E-state index is 12.0. The van der Waals surface area contributed by atoms with Gasteiger partial charge < -0.3 is 5.73 Å². The lowest BCUT2D eigenvalue weighted by Crippen LogP contribution is -2.43. The van der Waals surface area contributed by atoms with Crippen LogP contribution in [0.1, 0.15) is 86.0 Å². The number of unbranched alkanes of at least 4 members (excludes halogenated alkanes) is 2. The summed E-state index contributed by atoms with van der Waals surface area (Å²) >= 11 is 0. The highest BCUT2D eigenvalue weighted by Crippen LogP contribution is 2.50. The van der Waals surface area contributed by atoms with Crippen LogP contribution in [-0.2, 0) is 4.79 Å². The van der Waals surface area contributed by atoms with E-state index in [-0.39, 0.29) is 11.8 Å². The summed E-state index contributed by atoms with van der Waals surface area (Å²) in [6, 6.07) is 0. The van der Waals surface area contributed by atoms with Crippen LogP contribution < -0.4 is 5.73 Å². The Bertz CT molecular complexity index is 326. The molecule has 1 amide bonds. The van der Waals surface area contributed by atoms with Crippen molar-refractivity contribution < 1.29 is 4.79 Å². The number of carbonyl (C=O) groups excluding carboxylic acids is 1. The van der Waals surface area contributed by atoms with E-state index in [1.807, 2.05) is 0 Å². The molecule has 0 aromatic carbocycles. The van der Waals surface area contributed by atoms with Gasteiger partial charge in [0.25, 0.3) is 0 Å². The van der Waals surface area contributed by atoms with Crippen molar-refractivity contribution in [3.05, 3.63) is 0 Å². The predicted octanol–water partition coefficient (Wildman–Crippen LogP) is 5.16. The quantitative estimate of drug-likeness (QED) is 0.618. The molecule has 1 saturated carbocycles. The van der Waals surface area contributed by atoms with Crippen molar-refractivity contribution in [2.24, 2.45) is 34.8 Å². The Morgan fingerprint density at radius 3 is 2.43 bits per heavy atom. The highest BCUT2D eigenvalue weighted by molar-refractivity contribution is 5.77. The molecule has 0 aliphatic heterocycles. The zero-order chi connectivity index (χ0) is 16.0. The first-order valence-corrected chi connectivity index (χ1v) is 9.15. The van der Waals surface area contributed by atoms with Gasteiger partial charge in [-0.1, -0.05) is 60.3 Å². The predicted molar refractivity (Wildman–Crippen MR) is 90.9 cm³/mol. The van der Waals surface area contributed by atoms with Crippen molar-refractivity contribution in [3.63, 3.8) is 0 Å². The monoisotopic (exact) mass is 295 g/mol. The molecule has 0 heterocycles. The Balaban J connectivity index is 2.78. The summed E-state index contributed by atoms with van der Waals surface area (Å²) in [7, 11) is 0. The summed E-state index contributed by atoms with van der Waals surface area (Å²) in [4.78, 5) is 12.0. The number of amides is 1. The van der Waals surface area contributed by atoms with Crippen LogP contribution in [0.25, 0.3) is 0 Å². The highest BCUT2D eigenvalue weighted by atomic mass is 16.1. The number of rotatable bonds is 8. The highest BCUT2D eigenvalue weighted by Gasteiger charge is 2.44. The molecule has 0 radical (unpaired) electrons. The molecule has 124 valence electrons. The van der Waals surface area contributed by atoms with E-state index in [1.165, 1.54) is 44.9 Å². The third-order valence-corrected chi connectivity index (χ3v) is 6.11. The van der Waals surface area contributed by atoms with Crippen LogP contribution in [0.2, 0.25) is 0 Å². The molecule has 21 heavy (non-hydrogen) atoms. The van der Waals surface area contributed by atoms with Crippen molar-refractivity contribution in [1.82, 2.24) is 0 Å². The average molecular weight is 296 g/mol. The molecular weight excluding hydrogens is 258 g/mol. The fourth-order valence-electron chi connectivity index (χ4n) is 4.62. The first kappa shape index (κ1) is 18.5. The normalized spacial score (nSPS) is 31.3. The molecule has 0 saturated heterocycles. The minimum atomic E-state index is -0.0666. The molecule has 2 heteroatoms. The summed E-state index contributed by atoms with van der Waals surface area (Å²) in [5, 5.41) is 0. The largest absolute Gasteiger partial charge is 0.369 e. The molecule has 0 aromatic heterocycles. The molecule has 1 aliphatic rings. The standard InChI is InChI=1S/C19H37NO/c1-6-8-9-10-15(7-2)19(5)12-11-16(14(3)4)17(13-19)18(20)21/h14-17H,6-13H2,1-5H3,(H2,20,21). The van der Waals surface area contributed by atoms with Crippen LogP contribution in [0, 0.1) is 29.1 Å². The van der Waals surface area contributed by atoms with Gasteiger partial charge in [-0.2, -0.15) is 0 Å². The molecule has 1 rings (SSSR count). The van der Waals surface area contributed by atoms with Crippen LogP contribution in [0.3, 0.4) is 0 Å². The van der Waals surface area contributed by atoms with Gasteiger partial charge in [-0.25, -0.2) is 0 Å². The second-order valence-corrected chi connectivity index (χ2v) is 7.91. The van der Waals surface area contributed by atoms with E-state index < -0.39 is 0 Å². The number of hydrogen-bond donors (Lipinski definition) is 1. The van der Waals surface area contributed by atoms with Gasteiger partial charge in [-0.15, -0.1) is 0 Å². The van der Waals surface area contributed by atoms with E-state index in [1.54, 1.807) is 0 Å². The van der Waals surface area contributed by atoms with Crippen molar-refractivity contribution in [1.29, 1.82) is 0 Å². The zero-order valence-electron chi connectivity index (χ0n) is 15.0. The van der Waals surface area contributed by atoms with E-state index in [0.717, 1.165) is 12.3 Å². The molecule has 4 unspecified atom stereocenters. The summed E-state index contributed by atoms with van der Waals surface area (Å²) in [5.74, 6) is 1.82. The smallest absolute Gasteiger partial charge is 0.220 e. The first-order valence-electron chi connectivity index (χ1n) is 9.15. The average Bonchev–Trinajstić information content (AvgIpc) is 2.43. The van der Waals surface area contributed by atoms with E-state index >= 15 is 0 Å². The molecular formula is C19H37NO. The van der Waals surface area contributed by atoms with Gasteiger partial charge in [0.1, 0.15) is 0 Å². The number of primary amides is 1. The zero-order valence-corrected chi connectivity index (χ0v) is 15.0. The molecule has 2 N–H and O–H groups in total. The van der Waals surface area contributed by atoms with E-state index in [2.05, 4.69) is 34.6 Å². The van der Waals surface area contributed by atoms with Crippen LogP contribution in [0.15, 0.2) is 0 Å². The molecule has 0 aromatic rings. The van der Waals surface area contributed by atoms with Crippen LogP contribution in [0.4, 0.5) is 0 Å². The Morgan fingerprint density at radius 2 is 1.95 bits per heavy atom. The fraction of sp³-hybridized carbons (Fsp3) is 0.947. The van der Waals surface area contributed by atoms with Crippen molar-refractivity contribution >= 4 is 5.91 Å². The van der Waals surface area contributed by atoms with Gasteiger partial charge in [0.05, 0.1) is 0 Å². The number of carbonyl (C=O) groups is 1. The number of hydrogen-bond acceptors (Lipinski definition) is 1. The van der Waals surface area contributed by atoms with Gasteiger partial charge >= 0.3 is 0 Å². The van der Waals surface area contributed by atoms with Crippen molar-refractivity contribution in [2.75, 3.05) is 0 Å². The Kier molecular flexibility index (Phi) is 7.23. The van der Waals surface area contributed by atoms with Gasteiger partial charge in [-0.05, 0) is 48.9 Å². The maximum Gasteiger partial charge on any atom is 0.220 e. The lowest BCUT2D eigenvalue weighted by molar-refractivity contribution is -0.128. The first-order chi connectivity index (χ1) is 9.85. The Hall–Kier alpha value is -0.530. The van der Waals surface area contributed by atoms with Crippen molar-refractivity contribution in [2.45, 2.75) is 86.0 Å². The lowest BCUT2D eigenvalue weighted by atomic mass is 9.57. The van der Waals surface area contributed by atoms with Crippen LogP contribution in [-0.4, -0.2) is 5.91 Å². The molecule has 1 fully saturated rings. The minimum Gasteiger partial charge on any atom is -0.369 e. The van der Waals surface area contributed by atoms with Crippen LogP contribution >= 0.6 is 0 Å². The third-order valence-electron chi connectivity index (χ3n) is 6.11. The molecule has 2 nitrogen and oxygen atoms in total. The fourth-order valence-corrected chi connectivity index (χ4v) is 4.62. The van der Waals surface area contributed by atoms with Crippen LogP contribution in [0.5, 0.6) is 0 Å². The molecule has 1 aliphatic carbocycles. The Morgan fingerprint density at radius 1 is 1.29 bits per heavy atom. The van der Waals surface area contributed by atoms with Gasteiger partial charge in [-0.3, -0.25) is 4.79 Å². The van der Waals surface area contributed by atoms with E-state index in [9.17, 15) is 4.79 Å². The third kappa shape index (κ3) is 4.72. The molecule has 0 bridgehead atoms. The van der Waals surface area contributed by atoms with Gasteiger partial charge in [0.15, 0.2) is 0 Å². The summed E-state index contributed by atoms with van der Waals surface area (Å²) < 4.78 is 0. The lowest BCUT2D eigenvalue weighted by Gasteiger charge is -2.47. The summed E-state index contributed by atoms with van der Waals surface area (Å²) in [6.07, 6.45) is 9.95. The Labute approximate surface area is 132 Å². The number of nitrogens with two attached hydrogens (primary N) is 1. The second kappa shape index (κ2) is 8.19.